The Kier molecular flexibility index (Phi) is 3.73. The number of hydrogen-bond acceptors (Lipinski definition) is 5. The zero-order chi connectivity index (χ0) is 18.3. The molecule has 130 valence electrons. The largest absolute Gasteiger partial charge is 0.504 e. The number of para-hydroxylation sites is 2. The number of ether oxygens (including phenoxy) is 1. The number of amides is 1. The molecule has 4 rings (SSSR count). The van der Waals surface area contributed by atoms with Crippen molar-refractivity contribution in [2.24, 2.45) is 5.92 Å². The van der Waals surface area contributed by atoms with E-state index in [-0.39, 0.29) is 5.75 Å². The lowest BCUT2D eigenvalue weighted by Crippen LogP contribution is -2.37. The number of benzene rings is 2. The van der Waals surface area contributed by atoms with Crippen LogP contribution in [0.15, 0.2) is 42.5 Å². The summed E-state index contributed by atoms with van der Waals surface area (Å²) in [7, 11) is 0. The topological polar surface area (TPSA) is 100 Å². The van der Waals surface area contributed by atoms with Crippen molar-refractivity contribution in [3.8, 4) is 17.6 Å². The third kappa shape index (κ3) is 2.35. The van der Waals surface area contributed by atoms with Crippen LogP contribution in [0.25, 0.3) is 11.0 Å². The van der Waals surface area contributed by atoms with E-state index in [1.54, 1.807) is 12.1 Å². The molecule has 1 aliphatic rings. The molecule has 1 aliphatic heterocycles. The predicted molar refractivity (Wildman–Crippen MR) is 94.9 cm³/mol. The van der Waals surface area contributed by atoms with Crippen LogP contribution in [0, 0.1) is 17.2 Å². The Morgan fingerprint density at radius 1 is 1.35 bits per heavy atom. The summed E-state index contributed by atoms with van der Waals surface area (Å²) in [5.74, 6) is -0.595. The number of carbonyl (C=O) groups is 1. The van der Waals surface area contributed by atoms with Crippen LogP contribution >= 0.6 is 0 Å². The first-order chi connectivity index (χ1) is 12.6. The lowest BCUT2D eigenvalue weighted by atomic mass is 9.91. The maximum atomic E-state index is 12.5. The first kappa shape index (κ1) is 16.0. The number of hydrogen-bond donors (Lipinski definition) is 2. The fourth-order valence-electron chi connectivity index (χ4n) is 3.35. The number of aromatic hydroxyl groups is 1. The highest BCUT2D eigenvalue weighted by Gasteiger charge is 2.39. The minimum absolute atomic E-state index is 0.0140. The number of anilines is 1. The summed E-state index contributed by atoms with van der Waals surface area (Å²) in [4.78, 5) is 16.9. The van der Waals surface area contributed by atoms with Gasteiger partial charge in [-0.1, -0.05) is 18.2 Å². The van der Waals surface area contributed by atoms with E-state index in [1.807, 2.05) is 35.8 Å². The molecule has 2 heterocycles. The molecule has 0 radical (unpaired) electrons. The quantitative estimate of drug-likeness (QED) is 0.758. The van der Waals surface area contributed by atoms with Gasteiger partial charge in [0.25, 0.3) is 0 Å². The minimum Gasteiger partial charge on any atom is -0.504 e. The normalized spacial score (nSPS) is 18.8. The van der Waals surface area contributed by atoms with Gasteiger partial charge in [0.2, 0.25) is 11.9 Å². The van der Waals surface area contributed by atoms with Crippen LogP contribution in [0.3, 0.4) is 0 Å². The average Bonchev–Trinajstić information content (AvgIpc) is 3.00. The summed E-state index contributed by atoms with van der Waals surface area (Å²) >= 11 is 0. The number of imidazole rings is 1. The van der Waals surface area contributed by atoms with Crippen molar-refractivity contribution in [1.82, 2.24) is 9.55 Å². The number of nitriles is 1. The highest BCUT2D eigenvalue weighted by molar-refractivity contribution is 5.97. The molecule has 7 heteroatoms. The zero-order valence-corrected chi connectivity index (χ0v) is 14.0. The second-order valence-electron chi connectivity index (χ2n) is 6.00. The summed E-state index contributed by atoms with van der Waals surface area (Å²) in [6, 6.07) is 13.9. The van der Waals surface area contributed by atoms with Gasteiger partial charge in [-0.25, -0.2) is 4.98 Å². The summed E-state index contributed by atoms with van der Waals surface area (Å²) in [5, 5.41) is 22.3. The molecule has 0 saturated carbocycles. The van der Waals surface area contributed by atoms with Gasteiger partial charge in [0, 0.05) is 0 Å². The third-order valence-corrected chi connectivity index (χ3v) is 4.47. The number of fused-ring (bicyclic) bond motifs is 3. The Balaban J connectivity index is 1.96. The smallest absolute Gasteiger partial charge is 0.246 e. The van der Waals surface area contributed by atoms with Crippen LogP contribution in [-0.2, 0) is 4.79 Å². The van der Waals surface area contributed by atoms with Crippen LogP contribution < -0.4 is 10.1 Å². The average molecular weight is 348 g/mol. The Hall–Kier alpha value is -3.53. The summed E-state index contributed by atoms with van der Waals surface area (Å²) in [6.07, 6.45) is 0. The SMILES string of the molecule is CCOc1cc([C@@H]2[C@H](C#N)C(=O)Nc3nc4ccccc4n32)ccc1O. The van der Waals surface area contributed by atoms with Crippen LogP contribution in [-0.4, -0.2) is 27.2 Å². The van der Waals surface area contributed by atoms with Gasteiger partial charge < -0.3 is 14.4 Å². The van der Waals surface area contributed by atoms with Gasteiger partial charge in [0.1, 0.15) is 0 Å². The molecule has 3 aromatic rings. The number of carbonyl (C=O) groups excluding carboxylic acids is 1. The predicted octanol–water partition coefficient (Wildman–Crippen LogP) is 2.82. The van der Waals surface area contributed by atoms with Gasteiger partial charge in [0.15, 0.2) is 17.4 Å². The lowest BCUT2D eigenvalue weighted by Gasteiger charge is -2.30. The van der Waals surface area contributed by atoms with E-state index in [4.69, 9.17) is 4.74 Å². The molecule has 0 unspecified atom stereocenters. The molecule has 0 saturated heterocycles. The molecule has 2 N–H and O–H groups in total. The van der Waals surface area contributed by atoms with Gasteiger partial charge in [0.05, 0.1) is 29.8 Å². The van der Waals surface area contributed by atoms with E-state index in [2.05, 4.69) is 16.4 Å². The minimum atomic E-state index is -0.931. The van der Waals surface area contributed by atoms with Crippen molar-refractivity contribution in [1.29, 1.82) is 5.26 Å². The van der Waals surface area contributed by atoms with Crippen molar-refractivity contribution in [2.45, 2.75) is 13.0 Å². The Bertz CT molecular complexity index is 1050. The second-order valence-corrected chi connectivity index (χ2v) is 6.00. The van der Waals surface area contributed by atoms with Crippen molar-refractivity contribution in [3.05, 3.63) is 48.0 Å². The van der Waals surface area contributed by atoms with E-state index in [0.717, 1.165) is 11.0 Å². The number of aromatic nitrogens is 2. The summed E-state index contributed by atoms with van der Waals surface area (Å²) in [5.41, 5.74) is 2.24. The van der Waals surface area contributed by atoms with Crippen LogP contribution in [0.1, 0.15) is 18.5 Å². The molecule has 0 fully saturated rings. The Labute approximate surface area is 149 Å². The van der Waals surface area contributed by atoms with E-state index in [0.29, 0.717) is 23.9 Å². The van der Waals surface area contributed by atoms with Crippen molar-refractivity contribution in [3.63, 3.8) is 0 Å². The van der Waals surface area contributed by atoms with Crippen molar-refractivity contribution >= 4 is 22.9 Å². The molecule has 0 spiro atoms. The van der Waals surface area contributed by atoms with E-state index in [9.17, 15) is 15.2 Å². The fraction of sp³-hybridized carbons (Fsp3) is 0.211. The molecule has 2 atom stereocenters. The zero-order valence-electron chi connectivity index (χ0n) is 14.0. The van der Waals surface area contributed by atoms with Gasteiger partial charge in [-0.3, -0.25) is 10.1 Å². The molecule has 0 bridgehead atoms. The molecule has 2 aromatic carbocycles. The first-order valence-corrected chi connectivity index (χ1v) is 8.27. The van der Waals surface area contributed by atoms with Crippen molar-refractivity contribution < 1.29 is 14.6 Å². The van der Waals surface area contributed by atoms with Gasteiger partial charge in [-0.2, -0.15) is 5.26 Å². The first-order valence-electron chi connectivity index (χ1n) is 8.27. The second kappa shape index (κ2) is 6.08. The van der Waals surface area contributed by atoms with Crippen molar-refractivity contribution in [2.75, 3.05) is 11.9 Å². The lowest BCUT2D eigenvalue weighted by molar-refractivity contribution is -0.119. The van der Waals surface area contributed by atoms with E-state index >= 15 is 0 Å². The maximum absolute atomic E-state index is 12.5. The molecule has 0 aliphatic carbocycles. The highest BCUT2D eigenvalue weighted by Crippen LogP contribution is 2.40. The molecule has 26 heavy (non-hydrogen) atoms. The third-order valence-electron chi connectivity index (χ3n) is 4.47. The molecular formula is C19H16N4O3. The maximum Gasteiger partial charge on any atom is 0.246 e. The van der Waals surface area contributed by atoms with Gasteiger partial charge >= 0.3 is 0 Å². The van der Waals surface area contributed by atoms with Crippen LogP contribution in [0.5, 0.6) is 11.5 Å². The Morgan fingerprint density at radius 2 is 2.15 bits per heavy atom. The number of nitrogens with one attached hydrogen (secondary N) is 1. The number of phenols is 1. The molecule has 1 aromatic heterocycles. The Morgan fingerprint density at radius 3 is 2.92 bits per heavy atom. The standard InChI is InChI=1S/C19H16N4O3/c1-2-26-16-9-11(7-8-15(16)24)17-12(10-20)18(25)22-19-21-13-5-3-4-6-14(13)23(17)19/h3-9,12,17,24H,2H2,1H3,(H,21,22,25)/t12-,17+/m0/s1. The summed E-state index contributed by atoms with van der Waals surface area (Å²) in [6.45, 7) is 2.21. The van der Waals surface area contributed by atoms with Crippen LogP contribution in [0.2, 0.25) is 0 Å². The van der Waals surface area contributed by atoms with Crippen LogP contribution in [0.4, 0.5) is 5.95 Å². The van der Waals surface area contributed by atoms with Gasteiger partial charge in [-0.15, -0.1) is 0 Å². The van der Waals surface area contributed by atoms with E-state index in [1.165, 1.54) is 6.07 Å². The fourth-order valence-corrected chi connectivity index (χ4v) is 3.35. The number of rotatable bonds is 3. The van der Waals surface area contributed by atoms with E-state index < -0.39 is 17.9 Å². The molecule has 1 amide bonds. The molecular weight excluding hydrogens is 332 g/mol. The monoisotopic (exact) mass is 348 g/mol. The molecule has 7 nitrogen and oxygen atoms in total. The number of phenolic OH excluding ortho intramolecular Hbond substituents is 1. The highest BCUT2D eigenvalue weighted by atomic mass is 16.5. The number of nitrogens with zero attached hydrogens (tertiary/aromatic N) is 3. The summed E-state index contributed by atoms with van der Waals surface area (Å²) < 4.78 is 7.32. The van der Waals surface area contributed by atoms with Gasteiger partial charge in [-0.05, 0) is 36.8 Å².